The zero-order valence-electron chi connectivity index (χ0n) is 22.0. The Kier molecular flexibility index (Phi) is 9.58. The van der Waals surface area contributed by atoms with Crippen molar-refractivity contribution in [1.29, 1.82) is 0 Å². The van der Waals surface area contributed by atoms with Crippen LogP contribution in [0, 0.1) is 0 Å². The SMILES string of the molecule is O=C(CCc1cc(C2OC(CO)C(O)C(O)C2O)c(O)c(C2OC(CO)C(O)C(O)C2O)c1)c1c(O)cc(O)cc1O. The summed E-state index contributed by atoms with van der Waals surface area (Å²) in [6.45, 7) is -1.54. The molecule has 42 heavy (non-hydrogen) atoms. The Morgan fingerprint density at radius 2 is 1.07 bits per heavy atom. The molecule has 10 atom stereocenters. The Hall–Kier alpha value is -3.09. The molecule has 2 aromatic carbocycles. The second-order valence-electron chi connectivity index (χ2n) is 10.4. The van der Waals surface area contributed by atoms with Gasteiger partial charge in [0, 0.05) is 29.7 Å². The van der Waals surface area contributed by atoms with Crippen molar-refractivity contribution in [2.24, 2.45) is 0 Å². The summed E-state index contributed by atoms with van der Waals surface area (Å²) in [5.41, 5.74) is -0.689. The summed E-state index contributed by atoms with van der Waals surface area (Å²) in [6, 6.07) is 4.28. The smallest absolute Gasteiger partial charge is 0.170 e. The molecule has 4 rings (SSSR count). The first-order valence-corrected chi connectivity index (χ1v) is 13.1. The van der Waals surface area contributed by atoms with Crippen molar-refractivity contribution in [3.63, 3.8) is 0 Å². The number of Topliss-reactive ketones (excluding diaryl/α,β-unsaturated/α-hetero) is 1. The van der Waals surface area contributed by atoms with Gasteiger partial charge in [0.25, 0.3) is 0 Å². The molecule has 15 nitrogen and oxygen atoms in total. The normalized spacial score (nSPS) is 33.4. The standard InChI is InChI=1S/C27H34O15/c28-7-16-20(35)22(37)24(39)26(41-16)11-3-9(1-2-13(31)18-14(32)5-10(30)6-15(18)33)4-12(19(11)34)27-25(40)23(38)21(36)17(8-29)42-27/h3-6,16-17,20-30,32-40H,1-2,7-8H2. The molecule has 0 saturated carbocycles. The van der Waals surface area contributed by atoms with Gasteiger partial charge in [-0.05, 0) is 24.1 Å². The van der Waals surface area contributed by atoms with E-state index >= 15 is 0 Å². The molecule has 12 N–H and O–H groups in total. The van der Waals surface area contributed by atoms with E-state index in [-0.39, 0.29) is 29.5 Å². The Labute approximate surface area is 238 Å². The van der Waals surface area contributed by atoms with Crippen LogP contribution in [0.1, 0.15) is 45.7 Å². The number of hydrogen-bond donors (Lipinski definition) is 12. The van der Waals surface area contributed by atoms with Gasteiger partial charge in [0.05, 0.1) is 13.2 Å². The Balaban J connectivity index is 1.76. The van der Waals surface area contributed by atoms with Crippen molar-refractivity contribution in [3.05, 3.63) is 46.5 Å². The second-order valence-corrected chi connectivity index (χ2v) is 10.4. The van der Waals surface area contributed by atoms with E-state index in [1.165, 1.54) is 12.1 Å². The molecule has 2 fully saturated rings. The molecule has 2 aliphatic rings. The van der Waals surface area contributed by atoms with E-state index in [9.17, 15) is 66.1 Å². The van der Waals surface area contributed by atoms with Crippen molar-refractivity contribution in [3.8, 4) is 23.0 Å². The minimum Gasteiger partial charge on any atom is -0.508 e. The highest BCUT2D eigenvalue weighted by Gasteiger charge is 2.48. The van der Waals surface area contributed by atoms with Crippen LogP contribution in [0.5, 0.6) is 23.0 Å². The van der Waals surface area contributed by atoms with Gasteiger partial charge >= 0.3 is 0 Å². The van der Waals surface area contributed by atoms with Crippen LogP contribution in [0.25, 0.3) is 0 Å². The van der Waals surface area contributed by atoms with Crippen LogP contribution in [0.15, 0.2) is 24.3 Å². The Morgan fingerprint density at radius 1 is 0.643 bits per heavy atom. The molecule has 0 aromatic heterocycles. The Morgan fingerprint density at radius 3 is 1.48 bits per heavy atom. The van der Waals surface area contributed by atoms with Gasteiger partial charge in [-0.2, -0.15) is 0 Å². The zero-order chi connectivity index (χ0) is 31.0. The van der Waals surface area contributed by atoms with E-state index < -0.39 is 109 Å². The van der Waals surface area contributed by atoms with Crippen LogP contribution in [0.4, 0.5) is 0 Å². The number of benzene rings is 2. The molecule has 2 heterocycles. The van der Waals surface area contributed by atoms with Crippen molar-refractivity contribution < 1.29 is 75.5 Å². The van der Waals surface area contributed by atoms with Gasteiger partial charge in [-0.25, -0.2) is 0 Å². The van der Waals surface area contributed by atoms with E-state index in [0.29, 0.717) is 0 Å². The van der Waals surface area contributed by atoms with Crippen molar-refractivity contribution in [2.45, 2.75) is 73.9 Å². The zero-order valence-corrected chi connectivity index (χ0v) is 22.0. The summed E-state index contributed by atoms with van der Waals surface area (Å²) in [6.07, 6.45) is -17.1. The van der Waals surface area contributed by atoms with Crippen molar-refractivity contribution >= 4 is 5.78 Å². The van der Waals surface area contributed by atoms with Crippen LogP contribution < -0.4 is 0 Å². The van der Waals surface area contributed by atoms with E-state index in [4.69, 9.17) is 9.47 Å². The second kappa shape index (κ2) is 12.6. The van der Waals surface area contributed by atoms with Gasteiger partial charge in [-0.1, -0.05) is 0 Å². The fourth-order valence-electron chi connectivity index (χ4n) is 5.31. The molecule has 0 radical (unpaired) electrons. The molecular formula is C27H34O15. The minimum absolute atomic E-state index is 0.159. The predicted octanol–water partition coefficient (Wildman–Crippen LogP) is -2.65. The highest BCUT2D eigenvalue weighted by molar-refractivity contribution is 6.01. The van der Waals surface area contributed by atoms with Crippen LogP contribution in [0.3, 0.4) is 0 Å². The maximum Gasteiger partial charge on any atom is 0.170 e. The van der Waals surface area contributed by atoms with E-state index in [1.54, 1.807) is 0 Å². The third kappa shape index (κ3) is 5.89. The fraction of sp³-hybridized carbons (Fsp3) is 0.519. The summed E-state index contributed by atoms with van der Waals surface area (Å²) in [5, 5.41) is 123. The fourth-order valence-corrected chi connectivity index (χ4v) is 5.31. The first kappa shape index (κ1) is 31.8. The topological polar surface area (TPSA) is 278 Å². The lowest BCUT2D eigenvalue weighted by Gasteiger charge is -2.42. The van der Waals surface area contributed by atoms with Gasteiger partial charge in [-0.3, -0.25) is 4.79 Å². The van der Waals surface area contributed by atoms with Gasteiger partial charge < -0.3 is 70.8 Å². The number of phenolic OH excluding ortho intramolecular Hbond substituents is 4. The Bertz CT molecular complexity index is 1200. The molecule has 2 aromatic rings. The highest BCUT2D eigenvalue weighted by Crippen LogP contribution is 2.44. The molecule has 15 heteroatoms. The molecule has 2 saturated heterocycles. The average molecular weight is 599 g/mol. The summed E-state index contributed by atoms with van der Waals surface area (Å²) in [7, 11) is 0. The first-order chi connectivity index (χ1) is 19.8. The maximum absolute atomic E-state index is 12.9. The number of carbonyl (C=O) groups is 1. The van der Waals surface area contributed by atoms with Gasteiger partial charge in [0.2, 0.25) is 0 Å². The van der Waals surface area contributed by atoms with Crippen LogP contribution in [0.2, 0.25) is 0 Å². The summed E-state index contributed by atoms with van der Waals surface area (Å²) >= 11 is 0. The summed E-state index contributed by atoms with van der Waals surface area (Å²) < 4.78 is 11.2. The van der Waals surface area contributed by atoms with Crippen LogP contribution >= 0.6 is 0 Å². The lowest BCUT2D eigenvalue weighted by Crippen LogP contribution is -2.55. The van der Waals surface area contributed by atoms with Crippen molar-refractivity contribution in [2.75, 3.05) is 13.2 Å². The third-order valence-corrected chi connectivity index (χ3v) is 7.63. The van der Waals surface area contributed by atoms with E-state index in [0.717, 1.165) is 12.1 Å². The van der Waals surface area contributed by atoms with Crippen LogP contribution in [-0.2, 0) is 15.9 Å². The monoisotopic (exact) mass is 598 g/mol. The van der Waals surface area contributed by atoms with E-state index in [1.807, 2.05) is 0 Å². The summed E-state index contributed by atoms with van der Waals surface area (Å²) in [5.74, 6) is -3.23. The third-order valence-electron chi connectivity index (χ3n) is 7.63. The van der Waals surface area contributed by atoms with Gasteiger partial charge in [0.1, 0.15) is 89.6 Å². The van der Waals surface area contributed by atoms with Crippen molar-refractivity contribution in [1.82, 2.24) is 0 Å². The molecule has 0 aliphatic carbocycles. The maximum atomic E-state index is 12.9. The average Bonchev–Trinajstić information content (AvgIpc) is 2.94. The number of aliphatic hydroxyl groups excluding tert-OH is 8. The highest BCUT2D eigenvalue weighted by atomic mass is 16.6. The molecule has 0 spiro atoms. The number of ether oxygens (including phenoxy) is 2. The number of carbonyl (C=O) groups excluding carboxylic acids is 1. The van der Waals surface area contributed by atoms with Crippen LogP contribution in [-0.4, -0.2) is 129 Å². The quantitative estimate of drug-likeness (QED) is 0.138. The molecule has 2 aliphatic heterocycles. The molecular weight excluding hydrogens is 564 g/mol. The minimum atomic E-state index is -1.83. The van der Waals surface area contributed by atoms with Gasteiger partial charge in [-0.15, -0.1) is 0 Å². The number of aryl methyl sites for hydroxylation is 1. The molecule has 10 unspecified atom stereocenters. The lowest BCUT2D eigenvalue weighted by molar-refractivity contribution is -0.234. The van der Waals surface area contributed by atoms with E-state index in [2.05, 4.69) is 0 Å². The first-order valence-electron chi connectivity index (χ1n) is 13.1. The predicted molar refractivity (Wildman–Crippen MR) is 138 cm³/mol. The molecule has 232 valence electrons. The number of aliphatic hydroxyl groups is 8. The number of rotatable bonds is 8. The van der Waals surface area contributed by atoms with Gasteiger partial charge in [0.15, 0.2) is 5.78 Å². The number of phenols is 4. The largest absolute Gasteiger partial charge is 0.508 e. The molecule has 0 bridgehead atoms. The molecule has 0 amide bonds. The number of hydrogen-bond acceptors (Lipinski definition) is 15. The number of aromatic hydroxyl groups is 4. The summed E-state index contributed by atoms with van der Waals surface area (Å²) in [4.78, 5) is 12.9. The lowest BCUT2D eigenvalue weighted by atomic mass is 9.85. The number of ketones is 1.